The van der Waals surface area contributed by atoms with Gasteiger partial charge in [-0.1, -0.05) is 35.9 Å². The highest BCUT2D eigenvalue weighted by atomic mass is 16.5. The smallest absolute Gasteiger partial charge is 0.137 e. The SMILES string of the molecule is Cc1ccc(OCC2Cc3ccccc3O2)c(CO)c1. The van der Waals surface area contributed by atoms with Gasteiger partial charge < -0.3 is 14.6 Å². The first-order chi connectivity index (χ1) is 9.76. The maximum Gasteiger partial charge on any atom is 0.137 e. The summed E-state index contributed by atoms with van der Waals surface area (Å²) in [4.78, 5) is 0. The zero-order chi connectivity index (χ0) is 13.9. The molecule has 1 aliphatic heterocycles. The second-order valence-electron chi connectivity index (χ2n) is 5.13. The Morgan fingerprint density at radius 3 is 2.90 bits per heavy atom. The maximum atomic E-state index is 9.37. The van der Waals surface area contributed by atoms with E-state index >= 15 is 0 Å². The van der Waals surface area contributed by atoms with Gasteiger partial charge in [0.2, 0.25) is 0 Å². The van der Waals surface area contributed by atoms with Crippen LogP contribution < -0.4 is 9.47 Å². The van der Waals surface area contributed by atoms with Gasteiger partial charge in [-0.2, -0.15) is 0 Å². The van der Waals surface area contributed by atoms with Crippen molar-refractivity contribution < 1.29 is 14.6 Å². The molecule has 0 radical (unpaired) electrons. The summed E-state index contributed by atoms with van der Waals surface area (Å²) in [5.74, 6) is 1.69. The molecule has 2 aromatic rings. The average Bonchev–Trinajstić information content (AvgIpc) is 2.88. The van der Waals surface area contributed by atoms with Crippen LogP contribution in [0.15, 0.2) is 42.5 Å². The number of aliphatic hydroxyl groups excluding tert-OH is 1. The highest BCUT2D eigenvalue weighted by Crippen LogP contribution is 2.29. The number of rotatable bonds is 4. The molecule has 0 saturated heterocycles. The van der Waals surface area contributed by atoms with Gasteiger partial charge in [-0.05, 0) is 24.6 Å². The first-order valence-electron chi connectivity index (χ1n) is 6.84. The van der Waals surface area contributed by atoms with Crippen molar-refractivity contribution in [1.82, 2.24) is 0 Å². The lowest BCUT2D eigenvalue weighted by Gasteiger charge is -2.15. The van der Waals surface area contributed by atoms with Gasteiger partial charge in [-0.15, -0.1) is 0 Å². The summed E-state index contributed by atoms with van der Waals surface area (Å²) in [5, 5.41) is 9.37. The van der Waals surface area contributed by atoms with E-state index in [4.69, 9.17) is 9.47 Å². The van der Waals surface area contributed by atoms with Crippen LogP contribution in [0.25, 0.3) is 0 Å². The molecule has 2 aromatic carbocycles. The van der Waals surface area contributed by atoms with Crippen LogP contribution in [0.2, 0.25) is 0 Å². The van der Waals surface area contributed by atoms with Crippen molar-refractivity contribution in [3.8, 4) is 11.5 Å². The van der Waals surface area contributed by atoms with Crippen molar-refractivity contribution in [3.05, 3.63) is 59.2 Å². The van der Waals surface area contributed by atoms with E-state index in [-0.39, 0.29) is 12.7 Å². The molecule has 1 heterocycles. The van der Waals surface area contributed by atoms with E-state index in [9.17, 15) is 5.11 Å². The lowest BCUT2D eigenvalue weighted by atomic mass is 10.1. The molecule has 0 aromatic heterocycles. The van der Waals surface area contributed by atoms with Crippen LogP contribution in [-0.4, -0.2) is 17.8 Å². The fourth-order valence-electron chi connectivity index (χ4n) is 2.50. The van der Waals surface area contributed by atoms with E-state index in [1.807, 2.05) is 43.3 Å². The lowest BCUT2D eigenvalue weighted by Crippen LogP contribution is -2.22. The molecule has 3 heteroatoms. The molecule has 0 amide bonds. The summed E-state index contributed by atoms with van der Waals surface area (Å²) in [6.07, 6.45) is 0.913. The molecule has 1 unspecified atom stereocenters. The Hall–Kier alpha value is -2.00. The van der Waals surface area contributed by atoms with Crippen molar-refractivity contribution in [3.63, 3.8) is 0 Å². The minimum Gasteiger partial charge on any atom is -0.489 e. The van der Waals surface area contributed by atoms with E-state index in [0.717, 1.165) is 29.0 Å². The summed E-state index contributed by atoms with van der Waals surface area (Å²) < 4.78 is 11.7. The quantitative estimate of drug-likeness (QED) is 0.928. The fourth-order valence-corrected chi connectivity index (χ4v) is 2.50. The minimum absolute atomic E-state index is 0.0111. The summed E-state index contributed by atoms with van der Waals surface area (Å²) in [7, 11) is 0. The van der Waals surface area contributed by atoms with E-state index in [2.05, 4.69) is 6.07 Å². The Kier molecular flexibility index (Phi) is 3.61. The van der Waals surface area contributed by atoms with Crippen LogP contribution >= 0.6 is 0 Å². The fraction of sp³-hybridized carbons (Fsp3) is 0.294. The van der Waals surface area contributed by atoms with E-state index in [1.54, 1.807) is 0 Å². The Bertz CT molecular complexity index is 582. The van der Waals surface area contributed by atoms with Crippen molar-refractivity contribution in [1.29, 1.82) is 0 Å². The summed E-state index contributed by atoms with van der Waals surface area (Å²) >= 11 is 0. The van der Waals surface area contributed by atoms with Crippen molar-refractivity contribution in [2.45, 2.75) is 26.1 Å². The van der Waals surface area contributed by atoms with E-state index < -0.39 is 0 Å². The van der Waals surface area contributed by atoms with E-state index in [0.29, 0.717) is 6.61 Å². The lowest BCUT2D eigenvalue weighted by molar-refractivity contribution is 0.146. The molecule has 104 valence electrons. The number of hydrogen-bond donors (Lipinski definition) is 1. The largest absolute Gasteiger partial charge is 0.489 e. The zero-order valence-corrected chi connectivity index (χ0v) is 11.5. The molecule has 0 spiro atoms. The predicted molar refractivity (Wildman–Crippen MR) is 77.2 cm³/mol. The highest BCUT2D eigenvalue weighted by molar-refractivity contribution is 5.38. The van der Waals surface area contributed by atoms with Crippen molar-refractivity contribution >= 4 is 0 Å². The van der Waals surface area contributed by atoms with Gasteiger partial charge in [-0.25, -0.2) is 0 Å². The molecule has 20 heavy (non-hydrogen) atoms. The molecule has 3 rings (SSSR count). The Morgan fingerprint density at radius 1 is 1.25 bits per heavy atom. The van der Waals surface area contributed by atoms with Crippen LogP contribution in [0.5, 0.6) is 11.5 Å². The third-order valence-corrected chi connectivity index (χ3v) is 3.52. The van der Waals surface area contributed by atoms with Crippen LogP contribution in [0.1, 0.15) is 16.7 Å². The molecule has 3 nitrogen and oxygen atoms in total. The Labute approximate surface area is 118 Å². The summed E-state index contributed by atoms with van der Waals surface area (Å²) in [6.45, 7) is 2.48. The highest BCUT2D eigenvalue weighted by Gasteiger charge is 2.23. The van der Waals surface area contributed by atoms with Gasteiger partial charge in [0.25, 0.3) is 0 Å². The van der Waals surface area contributed by atoms with Gasteiger partial charge in [0.05, 0.1) is 6.61 Å². The van der Waals surface area contributed by atoms with Crippen molar-refractivity contribution in [2.75, 3.05) is 6.61 Å². The molecular weight excluding hydrogens is 252 g/mol. The van der Waals surface area contributed by atoms with Crippen LogP contribution in [-0.2, 0) is 13.0 Å². The first kappa shape index (κ1) is 13.0. The van der Waals surface area contributed by atoms with Gasteiger partial charge in [0.15, 0.2) is 0 Å². The summed E-state index contributed by atoms with van der Waals surface area (Å²) in [6, 6.07) is 13.9. The minimum atomic E-state index is -0.0111. The molecule has 0 bridgehead atoms. The Balaban J connectivity index is 1.64. The third-order valence-electron chi connectivity index (χ3n) is 3.52. The van der Waals surface area contributed by atoms with E-state index in [1.165, 1.54) is 5.56 Å². The van der Waals surface area contributed by atoms with Gasteiger partial charge in [0.1, 0.15) is 24.2 Å². The van der Waals surface area contributed by atoms with Gasteiger partial charge >= 0.3 is 0 Å². The molecular formula is C17H18O3. The number of benzene rings is 2. The van der Waals surface area contributed by atoms with Crippen LogP contribution in [0.3, 0.4) is 0 Å². The Morgan fingerprint density at radius 2 is 2.10 bits per heavy atom. The zero-order valence-electron chi connectivity index (χ0n) is 11.5. The molecule has 1 N–H and O–H groups in total. The van der Waals surface area contributed by atoms with Crippen molar-refractivity contribution in [2.24, 2.45) is 0 Å². The number of aryl methyl sites for hydroxylation is 1. The van der Waals surface area contributed by atoms with Crippen LogP contribution in [0, 0.1) is 6.92 Å². The molecule has 0 saturated carbocycles. The van der Waals surface area contributed by atoms with Crippen LogP contribution in [0.4, 0.5) is 0 Å². The molecule has 0 aliphatic carbocycles. The van der Waals surface area contributed by atoms with Gasteiger partial charge in [-0.3, -0.25) is 0 Å². The predicted octanol–water partition coefficient (Wildman–Crippen LogP) is 2.87. The normalized spacial score (nSPS) is 16.6. The second-order valence-corrected chi connectivity index (χ2v) is 5.13. The second kappa shape index (κ2) is 5.55. The van der Waals surface area contributed by atoms with Gasteiger partial charge in [0, 0.05) is 12.0 Å². The average molecular weight is 270 g/mol. The molecule has 1 aliphatic rings. The number of hydrogen-bond acceptors (Lipinski definition) is 3. The first-order valence-corrected chi connectivity index (χ1v) is 6.84. The summed E-state index contributed by atoms with van der Waals surface area (Å²) in [5.41, 5.74) is 3.17. The number of ether oxygens (including phenoxy) is 2. The standard InChI is InChI=1S/C17H18O3/c1-12-6-7-16(14(8-12)10-18)19-11-15-9-13-4-2-3-5-17(13)20-15/h2-8,15,18H,9-11H2,1H3. The third kappa shape index (κ3) is 2.63. The monoisotopic (exact) mass is 270 g/mol. The number of fused-ring (bicyclic) bond motifs is 1. The molecule has 0 fully saturated rings. The number of aliphatic hydroxyl groups is 1. The topological polar surface area (TPSA) is 38.7 Å². The number of para-hydroxylation sites is 1. The molecule has 1 atom stereocenters. The maximum absolute atomic E-state index is 9.37.